The Morgan fingerprint density at radius 3 is 2.64 bits per heavy atom. The minimum Gasteiger partial charge on any atom is -0.461 e. The zero-order chi connectivity index (χ0) is 23.0. The van der Waals surface area contributed by atoms with Crippen LogP contribution in [-0.2, 0) is 10.9 Å². The van der Waals surface area contributed by atoms with Gasteiger partial charge in [0.15, 0.2) is 17.0 Å². The second kappa shape index (κ2) is 8.78. The molecule has 174 valence electrons. The van der Waals surface area contributed by atoms with Gasteiger partial charge in [0.25, 0.3) is 0 Å². The molecule has 0 spiro atoms. The Morgan fingerprint density at radius 2 is 1.85 bits per heavy atom. The summed E-state index contributed by atoms with van der Waals surface area (Å²) in [6, 6.07) is 11.2. The van der Waals surface area contributed by atoms with Crippen molar-refractivity contribution in [3.8, 4) is 11.3 Å². The molecule has 1 aromatic carbocycles. The normalized spacial score (nSPS) is 21.7. The highest BCUT2D eigenvalue weighted by Gasteiger charge is 2.36. The van der Waals surface area contributed by atoms with Crippen molar-refractivity contribution in [2.24, 2.45) is 5.92 Å². The van der Waals surface area contributed by atoms with E-state index in [0.717, 1.165) is 38.4 Å². The second-order valence-electron chi connectivity index (χ2n) is 8.79. The summed E-state index contributed by atoms with van der Waals surface area (Å²) < 4.78 is 47.5. The largest absolute Gasteiger partial charge is 0.461 e. The number of fused-ring (bicyclic) bond motifs is 2. The van der Waals surface area contributed by atoms with E-state index in [4.69, 9.17) is 4.74 Å². The van der Waals surface area contributed by atoms with E-state index < -0.39 is 17.8 Å². The maximum Gasteiger partial charge on any atom is 0.433 e. The van der Waals surface area contributed by atoms with Crippen LogP contribution in [0.15, 0.2) is 42.5 Å². The number of esters is 1. The third-order valence-corrected chi connectivity index (χ3v) is 6.65. The Kier molecular flexibility index (Phi) is 5.82. The lowest BCUT2D eigenvalue weighted by atomic mass is 9.84. The van der Waals surface area contributed by atoms with E-state index in [0.29, 0.717) is 16.1 Å². The molecule has 0 aliphatic carbocycles. The van der Waals surface area contributed by atoms with Crippen LogP contribution in [0.1, 0.15) is 48.3 Å². The standard InChI is InChI=1S/C24H25F3N4O2/c25-24(26,27)21-13-18(16-7-2-1-3-8-16)28-22-14-19(29-31(21)22)23(32)33-15-17-9-6-12-30-11-5-4-10-20(17)30/h1-3,7-8,13-14,17,20H,4-6,9-12,15H2/t17-,20-/m0/s1. The third-order valence-electron chi connectivity index (χ3n) is 6.65. The maximum atomic E-state index is 13.8. The molecular weight excluding hydrogens is 433 g/mol. The number of aromatic nitrogens is 3. The first-order valence-electron chi connectivity index (χ1n) is 11.3. The molecule has 33 heavy (non-hydrogen) atoms. The number of halogens is 3. The molecule has 0 radical (unpaired) electrons. The van der Waals surface area contributed by atoms with Gasteiger partial charge in [0.1, 0.15) is 0 Å². The van der Waals surface area contributed by atoms with E-state index in [-0.39, 0.29) is 29.6 Å². The van der Waals surface area contributed by atoms with Crippen LogP contribution < -0.4 is 0 Å². The number of hydrogen-bond donors (Lipinski definition) is 0. The fraction of sp³-hybridized carbons (Fsp3) is 0.458. The van der Waals surface area contributed by atoms with Crippen molar-refractivity contribution in [1.82, 2.24) is 19.5 Å². The molecule has 9 heteroatoms. The third kappa shape index (κ3) is 4.46. The molecule has 2 aliphatic heterocycles. The van der Waals surface area contributed by atoms with Gasteiger partial charge in [-0.1, -0.05) is 36.8 Å². The summed E-state index contributed by atoms with van der Waals surface area (Å²) in [5.41, 5.74) is -0.503. The van der Waals surface area contributed by atoms with Crippen LogP contribution in [0.5, 0.6) is 0 Å². The fourth-order valence-electron chi connectivity index (χ4n) is 5.06. The number of hydrogen-bond acceptors (Lipinski definition) is 5. The van der Waals surface area contributed by atoms with Gasteiger partial charge in [0.2, 0.25) is 0 Å². The van der Waals surface area contributed by atoms with E-state index in [2.05, 4.69) is 15.0 Å². The monoisotopic (exact) mass is 458 g/mol. The van der Waals surface area contributed by atoms with Crippen LogP contribution in [0, 0.1) is 5.92 Å². The van der Waals surface area contributed by atoms with Gasteiger partial charge < -0.3 is 4.74 Å². The van der Waals surface area contributed by atoms with Gasteiger partial charge >= 0.3 is 12.1 Å². The summed E-state index contributed by atoms with van der Waals surface area (Å²) >= 11 is 0. The van der Waals surface area contributed by atoms with Gasteiger partial charge in [0, 0.05) is 23.6 Å². The van der Waals surface area contributed by atoms with Gasteiger partial charge in [-0.25, -0.2) is 14.3 Å². The molecule has 4 heterocycles. The molecule has 2 saturated heterocycles. The molecule has 2 atom stereocenters. The lowest BCUT2D eigenvalue weighted by Crippen LogP contribution is -2.49. The first kappa shape index (κ1) is 21.9. The zero-order valence-corrected chi connectivity index (χ0v) is 18.1. The molecule has 2 aromatic heterocycles. The van der Waals surface area contributed by atoms with Crippen LogP contribution in [0.3, 0.4) is 0 Å². The lowest BCUT2D eigenvalue weighted by Gasteiger charge is -2.44. The summed E-state index contributed by atoms with van der Waals surface area (Å²) in [4.78, 5) is 19.5. The van der Waals surface area contributed by atoms with E-state index in [1.165, 1.54) is 18.9 Å². The van der Waals surface area contributed by atoms with Crippen LogP contribution in [-0.4, -0.2) is 51.2 Å². The van der Waals surface area contributed by atoms with Crippen molar-refractivity contribution < 1.29 is 22.7 Å². The Bertz CT molecular complexity index is 1140. The number of piperidine rings is 2. The quantitative estimate of drug-likeness (QED) is 0.524. The van der Waals surface area contributed by atoms with Crippen molar-refractivity contribution >= 4 is 11.6 Å². The Labute approximate surface area is 189 Å². The first-order valence-corrected chi connectivity index (χ1v) is 11.3. The predicted molar refractivity (Wildman–Crippen MR) is 116 cm³/mol. The lowest BCUT2D eigenvalue weighted by molar-refractivity contribution is -0.142. The van der Waals surface area contributed by atoms with Gasteiger partial charge in [-0.3, -0.25) is 4.90 Å². The minimum atomic E-state index is -4.66. The van der Waals surface area contributed by atoms with Crippen molar-refractivity contribution in [3.05, 3.63) is 53.9 Å². The summed E-state index contributed by atoms with van der Waals surface area (Å²) in [7, 11) is 0. The molecule has 0 bridgehead atoms. The van der Waals surface area contributed by atoms with Crippen molar-refractivity contribution in [3.63, 3.8) is 0 Å². The predicted octanol–water partition coefficient (Wildman–Crippen LogP) is 4.84. The number of rotatable bonds is 4. The minimum absolute atomic E-state index is 0.0493. The fourth-order valence-corrected chi connectivity index (χ4v) is 5.06. The summed E-state index contributed by atoms with van der Waals surface area (Å²) in [5.74, 6) is -0.476. The highest BCUT2D eigenvalue weighted by molar-refractivity contribution is 5.88. The van der Waals surface area contributed by atoms with Crippen LogP contribution >= 0.6 is 0 Å². The van der Waals surface area contributed by atoms with Crippen LogP contribution in [0.2, 0.25) is 0 Å². The van der Waals surface area contributed by atoms with Crippen molar-refractivity contribution in [2.75, 3.05) is 19.7 Å². The Morgan fingerprint density at radius 1 is 1.06 bits per heavy atom. The maximum absolute atomic E-state index is 13.8. The van der Waals surface area contributed by atoms with Gasteiger partial charge in [-0.05, 0) is 44.8 Å². The molecule has 0 saturated carbocycles. The topological polar surface area (TPSA) is 59.7 Å². The van der Waals surface area contributed by atoms with Crippen molar-refractivity contribution in [1.29, 1.82) is 0 Å². The molecule has 3 aromatic rings. The Balaban J connectivity index is 1.39. The first-order chi connectivity index (χ1) is 15.9. The van der Waals surface area contributed by atoms with E-state index in [9.17, 15) is 18.0 Å². The van der Waals surface area contributed by atoms with E-state index in [1.807, 2.05) is 0 Å². The molecule has 6 nitrogen and oxygen atoms in total. The van der Waals surface area contributed by atoms with E-state index >= 15 is 0 Å². The average Bonchev–Trinajstić information content (AvgIpc) is 3.26. The van der Waals surface area contributed by atoms with E-state index in [1.54, 1.807) is 30.3 Å². The summed E-state index contributed by atoms with van der Waals surface area (Å²) in [6.45, 7) is 2.41. The molecular formula is C24H25F3N4O2. The molecule has 2 aliphatic rings. The number of nitrogens with zero attached hydrogens (tertiary/aromatic N) is 4. The highest BCUT2D eigenvalue weighted by atomic mass is 19.4. The van der Waals surface area contributed by atoms with Crippen LogP contribution in [0.25, 0.3) is 16.9 Å². The average molecular weight is 458 g/mol. The number of carbonyl (C=O) groups excluding carboxylic acids is 1. The van der Waals surface area contributed by atoms with Crippen LogP contribution in [0.4, 0.5) is 13.2 Å². The zero-order valence-electron chi connectivity index (χ0n) is 18.1. The SMILES string of the molecule is O=C(OC[C@@H]1CCCN2CCCC[C@@H]12)c1cc2nc(-c3ccccc3)cc(C(F)(F)F)n2n1. The molecule has 0 unspecified atom stereocenters. The van der Waals surface area contributed by atoms with Gasteiger partial charge in [-0.15, -0.1) is 0 Å². The van der Waals surface area contributed by atoms with Gasteiger partial charge in [-0.2, -0.15) is 18.3 Å². The molecule has 2 fully saturated rings. The Hall–Kier alpha value is -2.94. The number of carbonyl (C=O) groups is 1. The van der Waals surface area contributed by atoms with Gasteiger partial charge in [0.05, 0.1) is 12.3 Å². The molecule has 0 N–H and O–H groups in total. The summed E-state index contributed by atoms with van der Waals surface area (Å²) in [6.07, 6.45) is 0.855. The smallest absolute Gasteiger partial charge is 0.433 e. The second-order valence-corrected chi connectivity index (χ2v) is 8.79. The number of alkyl halides is 3. The molecule has 5 rings (SSSR count). The number of ether oxygens (including phenoxy) is 1. The highest BCUT2D eigenvalue weighted by Crippen LogP contribution is 2.33. The van der Waals surface area contributed by atoms with Crippen molar-refractivity contribution in [2.45, 2.75) is 44.3 Å². The number of benzene rings is 1. The summed E-state index contributed by atoms with van der Waals surface area (Å²) in [5, 5.41) is 3.91. The molecule has 0 amide bonds.